The molecule has 1 N–H and O–H groups in total. The third kappa shape index (κ3) is 8.36. The first-order valence-electron chi connectivity index (χ1n) is 15.0. The Bertz CT molecular complexity index is 1750. The van der Waals surface area contributed by atoms with Crippen LogP contribution in [0.25, 0.3) is 0 Å². The minimum atomic E-state index is -4.31. The Hall–Kier alpha value is -5.03. The lowest BCUT2D eigenvalue weighted by Gasteiger charge is -2.34. The number of non-ortho nitro benzene ring substituents is 1. The standard InChI is InChI=1S/C35H38N4O6S/c1-4-27(3)36-35(41)33(23-28-14-7-5-8-15-28)37(24-29-16-12-11-13-26(29)2)34(40)25-38(30-19-21-31(22-20-30)39(42)43)46(44,45)32-17-9-6-10-18-32/h5-22,27,33H,4,23-25H2,1-3H3,(H,36,41)/t27-,33+/m1/s1. The van der Waals surface area contributed by atoms with E-state index in [1.165, 1.54) is 41.3 Å². The summed E-state index contributed by atoms with van der Waals surface area (Å²) < 4.78 is 29.0. The van der Waals surface area contributed by atoms with Crippen molar-refractivity contribution in [2.75, 3.05) is 10.8 Å². The highest BCUT2D eigenvalue weighted by Crippen LogP contribution is 2.27. The number of benzene rings is 4. The molecule has 2 amide bonds. The van der Waals surface area contributed by atoms with Crippen LogP contribution in [0.2, 0.25) is 0 Å². The largest absolute Gasteiger partial charge is 0.352 e. The SMILES string of the molecule is CC[C@@H](C)NC(=O)[C@H](Cc1ccccc1)N(Cc1ccccc1C)C(=O)CN(c1ccc([N+](=O)[O-])cc1)S(=O)(=O)c1ccccc1. The van der Waals surface area contributed by atoms with E-state index in [1.54, 1.807) is 18.2 Å². The Balaban J connectivity index is 1.82. The Morgan fingerprint density at radius 2 is 1.46 bits per heavy atom. The van der Waals surface area contributed by atoms with E-state index in [-0.39, 0.29) is 41.2 Å². The molecule has 0 spiro atoms. The smallest absolute Gasteiger partial charge is 0.269 e. The molecular formula is C35H38N4O6S. The van der Waals surface area contributed by atoms with Crippen LogP contribution in [0.5, 0.6) is 0 Å². The fraction of sp³-hybridized carbons (Fsp3) is 0.257. The number of sulfonamides is 1. The van der Waals surface area contributed by atoms with Gasteiger partial charge in [-0.3, -0.25) is 24.0 Å². The first-order chi connectivity index (χ1) is 22.0. The molecule has 0 aliphatic rings. The van der Waals surface area contributed by atoms with Gasteiger partial charge < -0.3 is 10.2 Å². The Morgan fingerprint density at radius 3 is 2.04 bits per heavy atom. The summed E-state index contributed by atoms with van der Waals surface area (Å²) in [6.45, 7) is 5.14. The summed E-state index contributed by atoms with van der Waals surface area (Å²) in [7, 11) is -4.31. The summed E-state index contributed by atoms with van der Waals surface area (Å²) in [5.41, 5.74) is 2.39. The van der Waals surface area contributed by atoms with E-state index in [2.05, 4.69) is 5.32 Å². The molecule has 0 bridgehead atoms. The van der Waals surface area contributed by atoms with Crippen LogP contribution in [-0.4, -0.2) is 48.7 Å². The number of nitro benzene ring substituents is 1. The van der Waals surface area contributed by atoms with E-state index in [9.17, 15) is 28.1 Å². The number of aryl methyl sites for hydroxylation is 1. The van der Waals surface area contributed by atoms with Crippen molar-refractivity contribution in [2.24, 2.45) is 0 Å². The van der Waals surface area contributed by atoms with Gasteiger partial charge in [-0.2, -0.15) is 0 Å². The number of amides is 2. The molecule has 46 heavy (non-hydrogen) atoms. The highest BCUT2D eigenvalue weighted by atomic mass is 32.2. The summed E-state index contributed by atoms with van der Waals surface area (Å²) >= 11 is 0. The fourth-order valence-corrected chi connectivity index (χ4v) is 6.39. The van der Waals surface area contributed by atoms with Crippen LogP contribution in [0.15, 0.2) is 114 Å². The quantitative estimate of drug-likeness (QED) is 0.140. The van der Waals surface area contributed by atoms with Gasteiger partial charge >= 0.3 is 0 Å². The number of nitrogens with one attached hydrogen (secondary N) is 1. The number of carbonyl (C=O) groups is 2. The van der Waals surface area contributed by atoms with Gasteiger partial charge in [-0.1, -0.05) is 79.7 Å². The minimum Gasteiger partial charge on any atom is -0.352 e. The molecule has 0 saturated heterocycles. The molecular weight excluding hydrogens is 604 g/mol. The van der Waals surface area contributed by atoms with Crippen LogP contribution in [0.4, 0.5) is 11.4 Å². The topological polar surface area (TPSA) is 130 Å². The third-order valence-corrected chi connectivity index (χ3v) is 9.62. The molecule has 0 fully saturated rings. The number of nitro groups is 1. The number of hydrogen-bond donors (Lipinski definition) is 1. The van der Waals surface area contributed by atoms with Gasteiger partial charge in [-0.05, 0) is 61.2 Å². The van der Waals surface area contributed by atoms with Crippen LogP contribution < -0.4 is 9.62 Å². The van der Waals surface area contributed by atoms with Gasteiger partial charge in [-0.15, -0.1) is 0 Å². The summed E-state index contributed by atoms with van der Waals surface area (Å²) in [4.78, 5) is 40.6. The highest BCUT2D eigenvalue weighted by Gasteiger charge is 2.35. The second kappa shape index (κ2) is 15.3. The zero-order valence-electron chi connectivity index (χ0n) is 26.1. The summed E-state index contributed by atoms with van der Waals surface area (Å²) in [5, 5.41) is 14.3. The molecule has 240 valence electrons. The first kappa shape index (κ1) is 33.9. The molecule has 0 saturated carbocycles. The maximum atomic E-state index is 14.5. The molecule has 11 heteroatoms. The predicted octanol–water partition coefficient (Wildman–Crippen LogP) is 5.65. The molecule has 0 aliphatic carbocycles. The number of hydrogen-bond acceptors (Lipinski definition) is 6. The summed E-state index contributed by atoms with van der Waals surface area (Å²) in [5.74, 6) is -0.964. The molecule has 0 aliphatic heterocycles. The number of carbonyl (C=O) groups excluding carboxylic acids is 2. The second-order valence-electron chi connectivity index (χ2n) is 11.1. The molecule has 0 heterocycles. The van der Waals surface area contributed by atoms with Crippen molar-refractivity contribution in [3.63, 3.8) is 0 Å². The van der Waals surface area contributed by atoms with Crippen molar-refractivity contribution in [1.29, 1.82) is 0 Å². The lowest BCUT2D eigenvalue weighted by molar-refractivity contribution is -0.384. The zero-order valence-corrected chi connectivity index (χ0v) is 26.9. The van der Waals surface area contributed by atoms with Gasteiger partial charge in [0.25, 0.3) is 15.7 Å². The van der Waals surface area contributed by atoms with E-state index in [0.717, 1.165) is 21.0 Å². The predicted molar refractivity (Wildman–Crippen MR) is 178 cm³/mol. The molecule has 4 aromatic carbocycles. The van der Waals surface area contributed by atoms with Crippen molar-refractivity contribution < 1.29 is 22.9 Å². The van der Waals surface area contributed by atoms with E-state index in [0.29, 0.717) is 6.42 Å². The van der Waals surface area contributed by atoms with Crippen LogP contribution in [0, 0.1) is 17.0 Å². The van der Waals surface area contributed by atoms with Gasteiger partial charge in [0, 0.05) is 31.1 Å². The maximum Gasteiger partial charge on any atom is 0.269 e. The van der Waals surface area contributed by atoms with Crippen molar-refractivity contribution in [2.45, 2.75) is 57.1 Å². The van der Waals surface area contributed by atoms with Crippen molar-refractivity contribution >= 4 is 33.2 Å². The number of rotatable bonds is 14. The van der Waals surface area contributed by atoms with Crippen molar-refractivity contribution in [3.05, 3.63) is 136 Å². The Morgan fingerprint density at radius 1 is 0.870 bits per heavy atom. The normalized spacial score (nSPS) is 12.5. The van der Waals surface area contributed by atoms with Crippen LogP contribution in [0.3, 0.4) is 0 Å². The maximum absolute atomic E-state index is 14.5. The molecule has 4 aromatic rings. The van der Waals surface area contributed by atoms with Crippen molar-refractivity contribution in [3.8, 4) is 0 Å². The van der Waals surface area contributed by atoms with Crippen LogP contribution in [0.1, 0.15) is 37.0 Å². The van der Waals surface area contributed by atoms with E-state index >= 15 is 0 Å². The first-order valence-corrected chi connectivity index (χ1v) is 16.5. The molecule has 2 atom stereocenters. The number of anilines is 1. The molecule has 4 rings (SSSR count). The highest BCUT2D eigenvalue weighted by molar-refractivity contribution is 7.92. The zero-order chi connectivity index (χ0) is 33.3. The average molecular weight is 643 g/mol. The fourth-order valence-electron chi connectivity index (χ4n) is 4.96. The van der Waals surface area contributed by atoms with Gasteiger partial charge in [0.15, 0.2) is 0 Å². The van der Waals surface area contributed by atoms with Gasteiger partial charge in [0.1, 0.15) is 12.6 Å². The van der Waals surface area contributed by atoms with Gasteiger partial charge in [-0.25, -0.2) is 8.42 Å². The Kier molecular flexibility index (Phi) is 11.3. The second-order valence-corrected chi connectivity index (χ2v) is 12.9. The van der Waals surface area contributed by atoms with E-state index in [1.807, 2.05) is 75.4 Å². The number of nitrogens with zero attached hydrogens (tertiary/aromatic N) is 3. The average Bonchev–Trinajstić information content (AvgIpc) is 3.06. The van der Waals surface area contributed by atoms with E-state index in [4.69, 9.17) is 0 Å². The lowest BCUT2D eigenvalue weighted by atomic mass is 10.0. The Labute approximate surface area is 269 Å². The molecule has 0 unspecified atom stereocenters. The van der Waals surface area contributed by atoms with Gasteiger partial charge in [0.2, 0.25) is 11.8 Å². The summed E-state index contributed by atoms with van der Waals surface area (Å²) in [6, 6.07) is 28.4. The molecule has 0 radical (unpaired) electrons. The van der Waals surface area contributed by atoms with Gasteiger partial charge in [0.05, 0.1) is 15.5 Å². The van der Waals surface area contributed by atoms with Crippen LogP contribution >= 0.6 is 0 Å². The van der Waals surface area contributed by atoms with E-state index < -0.39 is 33.4 Å². The van der Waals surface area contributed by atoms with Crippen molar-refractivity contribution in [1.82, 2.24) is 10.2 Å². The minimum absolute atomic E-state index is 0.0520. The molecule has 10 nitrogen and oxygen atoms in total. The monoisotopic (exact) mass is 642 g/mol. The lowest BCUT2D eigenvalue weighted by Crippen LogP contribution is -2.54. The molecule has 0 aromatic heterocycles. The third-order valence-electron chi connectivity index (χ3n) is 7.83. The summed E-state index contributed by atoms with van der Waals surface area (Å²) in [6.07, 6.45) is 0.877. The van der Waals surface area contributed by atoms with Crippen LogP contribution in [-0.2, 0) is 32.6 Å².